The number of esters is 1. The highest BCUT2D eigenvalue weighted by Gasteiger charge is 2.20. The highest BCUT2D eigenvalue weighted by atomic mass is 32.1. The highest BCUT2D eigenvalue weighted by molar-refractivity contribution is 7.09. The molecule has 2 rings (SSSR count). The quantitative estimate of drug-likeness (QED) is 0.650. The van der Waals surface area contributed by atoms with Crippen LogP contribution < -0.4 is 10.6 Å². The van der Waals surface area contributed by atoms with Gasteiger partial charge in [0, 0.05) is 10.9 Å². The molecule has 0 spiro atoms. The average Bonchev–Trinajstić information content (AvgIpc) is 3.07. The highest BCUT2D eigenvalue weighted by Crippen LogP contribution is 2.20. The standard InChI is InChI=1S/C15H12F2N2O4S/c1-23-15(22)9-5-12(11(17)6-10(9)16)19-14(21)13(20)18-7-8-3-2-4-24-8/h2-6H,7H2,1H3,(H,18,20)(H,19,21). The monoisotopic (exact) mass is 354 g/mol. The van der Waals surface area contributed by atoms with Crippen LogP contribution in [0.3, 0.4) is 0 Å². The fraction of sp³-hybridized carbons (Fsp3) is 0.133. The van der Waals surface area contributed by atoms with Crippen molar-refractivity contribution in [2.75, 3.05) is 12.4 Å². The number of nitrogens with one attached hydrogen (secondary N) is 2. The maximum absolute atomic E-state index is 13.7. The zero-order valence-electron chi connectivity index (χ0n) is 12.4. The molecule has 0 aliphatic rings. The Labute approximate surface area is 139 Å². The summed E-state index contributed by atoms with van der Waals surface area (Å²) < 4.78 is 31.6. The fourth-order valence-electron chi connectivity index (χ4n) is 1.75. The van der Waals surface area contributed by atoms with E-state index in [1.807, 2.05) is 10.7 Å². The van der Waals surface area contributed by atoms with E-state index in [1.54, 1.807) is 12.1 Å². The minimum Gasteiger partial charge on any atom is -0.465 e. The van der Waals surface area contributed by atoms with Crippen LogP contribution in [0.2, 0.25) is 0 Å². The van der Waals surface area contributed by atoms with Crippen molar-refractivity contribution in [1.82, 2.24) is 5.32 Å². The van der Waals surface area contributed by atoms with E-state index in [9.17, 15) is 23.2 Å². The summed E-state index contributed by atoms with van der Waals surface area (Å²) in [5.74, 6) is -5.44. The average molecular weight is 354 g/mol. The predicted molar refractivity (Wildman–Crippen MR) is 82.5 cm³/mol. The first-order valence-corrected chi connectivity index (χ1v) is 7.49. The van der Waals surface area contributed by atoms with Crippen LogP contribution in [0.5, 0.6) is 0 Å². The molecule has 1 aromatic carbocycles. The van der Waals surface area contributed by atoms with Crippen LogP contribution in [0, 0.1) is 11.6 Å². The second-order valence-corrected chi connectivity index (χ2v) is 5.55. The Hall–Kier alpha value is -2.81. The van der Waals surface area contributed by atoms with Gasteiger partial charge in [0.05, 0.1) is 24.9 Å². The van der Waals surface area contributed by atoms with Gasteiger partial charge in [-0.3, -0.25) is 9.59 Å². The molecular weight excluding hydrogens is 342 g/mol. The molecule has 0 bridgehead atoms. The van der Waals surface area contributed by atoms with Gasteiger partial charge in [0.1, 0.15) is 11.6 Å². The summed E-state index contributed by atoms with van der Waals surface area (Å²) >= 11 is 1.39. The number of rotatable bonds is 4. The van der Waals surface area contributed by atoms with Gasteiger partial charge in [0.25, 0.3) is 0 Å². The molecule has 6 nitrogen and oxygen atoms in total. The van der Waals surface area contributed by atoms with Crippen LogP contribution in [0.15, 0.2) is 29.6 Å². The van der Waals surface area contributed by atoms with Crippen LogP contribution >= 0.6 is 11.3 Å². The van der Waals surface area contributed by atoms with E-state index >= 15 is 0 Å². The van der Waals surface area contributed by atoms with E-state index in [1.165, 1.54) is 11.3 Å². The minimum atomic E-state index is -1.15. The van der Waals surface area contributed by atoms with Gasteiger partial charge in [0.15, 0.2) is 0 Å². The molecule has 0 radical (unpaired) electrons. The smallest absolute Gasteiger partial charge is 0.340 e. The van der Waals surface area contributed by atoms with Crippen LogP contribution in [0.1, 0.15) is 15.2 Å². The van der Waals surface area contributed by atoms with E-state index < -0.39 is 40.7 Å². The zero-order valence-corrected chi connectivity index (χ0v) is 13.2. The lowest BCUT2D eigenvalue weighted by Gasteiger charge is -2.09. The van der Waals surface area contributed by atoms with Crippen LogP contribution in [-0.2, 0) is 20.9 Å². The molecule has 0 atom stereocenters. The number of thiophene rings is 1. The molecule has 0 saturated carbocycles. The van der Waals surface area contributed by atoms with Gasteiger partial charge in [-0.1, -0.05) is 6.07 Å². The van der Waals surface area contributed by atoms with Crippen molar-refractivity contribution in [2.24, 2.45) is 0 Å². The summed E-state index contributed by atoms with van der Waals surface area (Å²) in [4.78, 5) is 35.7. The Kier molecular flexibility index (Phi) is 5.59. The fourth-order valence-corrected chi connectivity index (χ4v) is 2.40. The summed E-state index contributed by atoms with van der Waals surface area (Å²) in [6.45, 7) is 0.142. The van der Waals surface area contributed by atoms with E-state index in [0.29, 0.717) is 6.07 Å². The van der Waals surface area contributed by atoms with Crippen LogP contribution in [0.25, 0.3) is 0 Å². The van der Waals surface area contributed by atoms with Gasteiger partial charge in [0.2, 0.25) is 0 Å². The number of carbonyl (C=O) groups is 3. The number of benzene rings is 1. The number of hydrogen-bond acceptors (Lipinski definition) is 5. The van der Waals surface area contributed by atoms with Crippen molar-refractivity contribution in [2.45, 2.75) is 6.54 Å². The van der Waals surface area contributed by atoms with Crippen molar-refractivity contribution in [1.29, 1.82) is 0 Å². The van der Waals surface area contributed by atoms with Crippen molar-refractivity contribution in [3.05, 3.63) is 51.7 Å². The molecule has 0 aliphatic heterocycles. The van der Waals surface area contributed by atoms with Gasteiger partial charge in [-0.15, -0.1) is 11.3 Å². The number of methoxy groups -OCH3 is 1. The van der Waals surface area contributed by atoms with Crippen molar-refractivity contribution in [3.63, 3.8) is 0 Å². The van der Waals surface area contributed by atoms with Gasteiger partial charge >= 0.3 is 17.8 Å². The number of anilines is 1. The first-order valence-electron chi connectivity index (χ1n) is 6.61. The van der Waals surface area contributed by atoms with E-state index in [0.717, 1.165) is 18.1 Å². The molecule has 1 aromatic heterocycles. The first kappa shape index (κ1) is 17.5. The molecule has 0 fully saturated rings. The van der Waals surface area contributed by atoms with Crippen LogP contribution in [-0.4, -0.2) is 24.9 Å². The summed E-state index contributed by atoms with van der Waals surface area (Å²) in [7, 11) is 1.03. The number of ether oxygens (including phenoxy) is 1. The molecule has 9 heteroatoms. The number of halogens is 2. The molecular formula is C15H12F2N2O4S. The molecule has 1 heterocycles. The lowest BCUT2D eigenvalue weighted by molar-refractivity contribution is -0.136. The summed E-state index contributed by atoms with van der Waals surface area (Å²) in [6, 6.07) is 4.74. The Morgan fingerprint density at radius 1 is 1.17 bits per heavy atom. The number of hydrogen-bond donors (Lipinski definition) is 2. The van der Waals surface area contributed by atoms with Gasteiger partial charge < -0.3 is 15.4 Å². The first-order chi connectivity index (χ1) is 11.4. The zero-order chi connectivity index (χ0) is 17.7. The molecule has 24 heavy (non-hydrogen) atoms. The second kappa shape index (κ2) is 7.64. The Morgan fingerprint density at radius 3 is 2.54 bits per heavy atom. The predicted octanol–water partition coefficient (Wildman–Crippen LogP) is 2.07. The van der Waals surface area contributed by atoms with Crippen molar-refractivity contribution in [3.8, 4) is 0 Å². The van der Waals surface area contributed by atoms with Crippen molar-refractivity contribution < 1.29 is 27.9 Å². The summed E-state index contributed by atoms with van der Waals surface area (Å²) in [5, 5.41) is 6.15. The summed E-state index contributed by atoms with van der Waals surface area (Å²) in [6.07, 6.45) is 0. The molecule has 126 valence electrons. The molecule has 2 amide bonds. The third-order valence-corrected chi connectivity index (χ3v) is 3.80. The Morgan fingerprint density at radius 2 is 1.92 bits per heavy atom. The third-order valence-electron chi connectivity index (χ3n) is 2.92. The van der Waals surface area contributed by atoms with E-state index in [4.69, 9.17) is 0 Å². The molecule has 2 aromatic rings. The third kappa shape index (κ3) is 4.13. The normalized spacial score (nSPS) is 10.1. The molecule has 0 saturated heterocycles. The van der Waals surface area contributed by atoms with Gasteiger partial charge in [-0.2, -0.15) is 0 Å². The number of amides is 2. The van der Waals surface area contributed by atoms with Gasteiger partial charge in [-0.25, -0.2) is 13.6 Å². The Balaban J connectivity index is 2.07. The summed E-state index contributed by atoms with van der Waals surface area (Å²) in [5.41, 5.74) is -1.07. The van der Waals surface area contributed by atoms with E-state index in [-0.39, 0.29) is 6.54 Å². The Bertz CT molecular complexity index is 778. The topological polar surface area (TPSA) is 84.5 Å². The van der Waals surface area contributed by atoms with E-state index in [2.05, 4.69) is 10.1 Å². The lowest BCUT2D eigenvalue weighted by atomic mass is 10.1. The molecule has 2 N–H and O–H groups in total. The minimum absolute atomic E-state index is 0.142. The van der Waals surface area contributed by atoms with Crippen LogP contribution in [0.4, 0.5) is 14.5 Å². The molecule has 0 unspecified atom stereocenters. The van der Waals surface area contributed by atoms with Crippen molar-refractivity contribution >= 4 is 34.8 Å². The lowest BCUT2D eigenvalue weighted by Crippen LogP contribution is -2.35. The largest absolute Gasteiger partial charge is 0.465 e. The SMILES string of the molecule is COC(=O)c1cc(NC(=O)C(=O)NCc2cccs2)c(F)cc1F. The number of carbonyl (C=O) groups excluding carboxylic acids is 3. The second-order valence-electron chi connectivity index (χ2n) is 4.52. The maximum atomic E-state index is 13.7. The maximum Gasteiger partial charge on any atom is 0.340 e. The molecule has 0 aliphatic carbocycles. The van der Waals surface area contributed by atoms with Gasteiger partial charge in [-0.05, 0) is 17.5 Å².